The normalized spacial score (nSPS) is 21.2. The Morgan fingerprint density at radius 2 is 1.79 bits per heavy atom. The topological polar surface area (TPSA) is 31.4 Å². The molecule has 1 saturated heterocycles. The number of fused-ring (bicyclic) bond motifs is 1. The van der Waals surface area contributed by atoms with E-state index < -0.39 is 0 Å². The lowest BCUT2D eigenvalue weighted by Gasteiger charge is -2.41. The predicted molar refractivity (Wildman–Crippen MR) is 147 cm³/mol. The maximum absolute atomic E-state index is 7.06. The van der Waals surface area contributed by atoms with Gasteiger partial charge in [0, 0.05) is 35.2 Å². The van der Waals surface area contributed by atoms with Crippen molar-refractivity contribution in [1.29, 1.82) is 0 Å². The van der Waals surface area contributed by atoms with Gasteiger partial charge < -0.3 is 15.1 Å². The highest BCUT2D eigenvalue weighted by Gasteiger charge is 2.42. The van der Waals surface area contributed by atoms with E-state index in [9.17, 15) is 0 Å². The number of hydrogen-bond donors (Lipinski definition) is 1. The minimum atomic E-state index is -0.143. The number of aryl methyl sites for hydroxylation is 1. The summed E-state index contributed by atoms with van der Waals surface area (Å²) in [4.78, 5) is 9.13. The number of nitrogens with one attached hydrogen (secondary N) is 1. The van der Waals surface area contributed by atoms with E-state index in [1.807, 2.05) is 24.4 Å². The Bertz CT molecular complexity index is 1280. The summed E-state index contributed by atoms with van der Waals surface area (Å²) in [7, 11) is 2.12. The number of halogens is 1. The van der Waals surface area contributed by atoms with Crippen molar-refractivity contribution >= 4 is 45.9 Å². The van der Waals surface area contributed by atoms with Crippen LogP contribution < -0.4 is 15.1 Å². The molecule has 1 N–H and O–H groups in total. The summed E-state index contributed by atoms with van der Waals surface area (Å²) in [5.41, 5.74) is 7.72. The van der Waals surface area contributed by atoms with Crippen LogP contribution in [0.5, 0.6) is 0 Å². The summed E-state index contributed by atoms with van der Waals surface area (Å²) in [6, 6.07) is 18.5. The molecule has 2 aliphatic heterocycles. The molecule has 0 aliphatic carbocycles. The Kier molecular flexibility index (Phi) is 5.65. The van der Waals surface area contributed by atoms with Gasteiger partial charge in [0.2, 0.25) is 0 Å². The standard InChI is InChI=1S/C28H29ClN4S/c1-17-9-11-19(12-10-17)33-26(25(31-27(33)34)23-8-6-7-13-30-23)21-14-20-18(2)16-28(3,4)32(5)24(20)15-22(21)29/h6-16,25-26H,1-5H3,(H,31,34). The SMILES string of the molecule is CC1=CC(C)(C)N(C)c2cc(Cl)c(C3C(c4ccccn4)NC(=S)N3c3ccc(C)cc3)cc21. The number of aromatic nitrogens is 1. The van der Waals surface area contributed by atoms with Crippen molar-refractivity contribution in [2.45, 2.75) is 45.3 Å². The van der Waals surface area contributed by atoms with E-state index in [0.29, 0.717) is 5.11 Å². The van der Waals surface area contributed by atoms with E-state index >= 15 is 0 Å². The number of anilines is 2. The molecule has 2 aliphatic rings. The van der Waals surface area contributed by atoms with Crippen LogP contribution in [-0.2, 0) is 0 Å². The Hall–Kier alpha value is -2.89. The molecule has 0 radical (unpaired) electrons. The van der Waals surface area contributed by atoms with Crippen LogP contribution in [0.4, 0.5) is 11.4 Å². The number of benzene rings is 2. The average Bonchev–Trinajstić information content (AvgIpc) is 3.15. The van der Waals surface area contributed by atoms with Crippen LogP contribution in [0.2, 0.25) is 5.02 Å². The van der Waals surface area contributed by atoms with Crippen molar-refractivity contribution in [3.8, 4) is 0 Å². The Morgan fingerprint density at radius 3 is 2.47 bits per heavy atom. The molecule has 34 heavy (non-hydrogen) atoms. The minimum Gasteiger partial charge on any atom is -0.365 e. The van der Waals surface area contributed by atoms with Gasteiger partial charge in [0.05, 0.1) is 23.3 Å². The van der Waals surface area contributed by atoms with Crippen molar-refractivity contribution < 1.29 is 0 Å². The summed E-state index contributed by atoms with van der Waals surface area (Å²) in [5, 5.41) is 4.93. The van der Waals surface area contributed by atoms with E-state index in [-0.39, 0.29) is 17.6 Å². The van der Waals surface area contributed by atoms with Crippen molar-refractivity contribution in [1.82, 2.24) is 10.3 Å². The quantitative estimate of drug-likeness (QED) is 0.407. The van der Waals surface area contributed by atoms with Crippen LogP contribution in [0, 0.1) is 6.92 Å². The van der Waals surface area contributed by atoms with Crippen LogP contribution in [0.1, 0.15) is 55.2 Å². The second-order valence-electron chi connectivity index (χ2n) is 9.76. The van der Waals surface area contributed by atoms with Crippen molar-refractivity contribution in [2.24, 2.45) is 0 Å². The van der Waals surface area contributed by atoms with E-state index in [0.717, 1.165) is 27.7 Å². The summed E-state index contributed by atoms with van der Waals surface area (Å²) >= 11 is 12.9. The van der Waals surface area contributed by atoms with E-state index in [1.165, 1.54) is 16.7 Å². The number of rotatable bonds is 3. The lowest BCUT2D eigenvalue weighted by atomic mass is 9.86. The van der Waals surface area contributed by atoms with Crippen LogP contribution in [0.25, 0.3) is 5.57 Å². The Morgan fingerprint density at radius 1 is 1.06 bits per heavy atom. The Balaban J connectivity index is 1.70. The molecule has 0 saturated carbocycles. The number of allylic oxidation sites excluding steroid dienone is 1. The smallest absolute Gasteiger partial charge is 0.174 e. The third-order valence-electron chi connectivity index (χ3n) is 7.06. The van der Waals surface area contributed by atoms with Crippen LogP contribution in [-0.4, -0.2) is 22.7 Å². The van der Waals surface area contributed by atoms with Gasteiger partial charge in [-0.1, -0.05) is 41.4 Å². The van der Waals surface area contributed by atoms with Crippen molar-refractivity contribution in [3.05, 3.63) is 94.3 Å². The molecule has 2 unspecified atom stereocenters. The molecule has 4 nitrogen and oxygen atoms in total. The maximum Gasteiger partial charge on any atom is 0.174 e. The van der Waals surface area contributed by atoms with Crippen molar-refractivity contribution in [2.75, 3.05) is 16.8 Å². The monoisotopic (exact) mass is 488 g/mol. The highest BCUT2D eigenvalue weighted by Crippen LogP contribution is 2.47. The van der Waals surface area contributed by atoms with Gasteiger partial charge >= 0.3 is 0 Å². The molecular weight excluding hydrogens is 460 g/mol. The zero-order valence-electron chi connectivity index (χ0n) is 20.1. The molecule has 3 heterocycles. The van der Waals surface area contributed by atoms with Gasteiger partial charge in [-0.3, -0.25) is 4.98 Å². The highest BCUT2D eigenvalue weighted by atomic mass is 35.5. The number of pyridine rings is 1. The third-order valence-corrected chi connectivity index (χ3v) is 7.71. The second kappa shape index (κ2) is 8.40. The molecule has 174 valence electrons. The number of hydrogen-bond acceptors (Lipinski definition) is 3. The van der Waals surface area contributed by atoms with Crippen LogP contribution >= 0.6 is 23.8 Å². The molecular formula is C28H29ClN4S. The first-order valence-corrected chi connectivity index (χ1v) is 12.3. The predicted octanol–water partition coefficient (Wildman–Crippen LogP) is 6.85. The highest BCUT2D eigenvalue weighted by molar-refractivity contribution is 7.80. The molecule has 1 aromatic heterocycles. The molecule has 6 heteroatoms. The van der Waals surface area contributed by atoms with E-state index in [4.69, 9.17) is 23.8 Å². The molecule has 5 rings (SSSR count). The maximum atomic E-state index is 7.06. The second-order valence-corrected chi connectivity index (χ2v) is 10.6. The number of thiocarbonyl (C=S) groups is 1. The largest absolute Gasteiger partial charge is 0.365 e. The first kappa shape index (κ1) is 22.9. The van der Waals surface area contributed by atoms with Gasteiger partial charge in [-0.15, -0.1) is 0 Å². The zero-order chi connectivity index (χ0) is 24.2. The van der Waals surface area contributed by atoms with Gasteiger partial charge in [-0.2, -0.15) is 0 Å². The third kappa shape index (κ3) is 3.77. The van der Waals surface area contributed by atoms with E-state index in [2.05, 4.69) is 97.3 Å². The van der Waals surface area contributed by atoms with Gasteiger partial charge in [-0.05, 0) is 87.4 Å². The molecule has 2 aromatic carbocycles. The van der Waals surface area contributed by atoms with E-state index in [1.54, 1.807) is 0 Å². The number of likely N-dealkylation sites (N-methyl/N-ethyl adjacent to an activating group) is 1. The van der Waals surface area contributed by atoms with Gasteiger partial charge in [-0.25, -0.2) is 0 Å². The summed E-state index contributed by atoms with van der Waals surface area (Å²) in [5.74, 6) is 0. The average molecular weight is 489 g/mol. The fraction of sp³-hybridized carbons (Fsp3) is 0.286. The molecule has 0 bridgehead atoms. The van der Waals surface area contributed by atoms with Crippen LogP contribution in [0.3, 0.4) is 0 Å². The Labute approximate surface area is 212 Å². The fourth-order valence-corrected chi connectivity index (χ4v) is 5.68. The summed E-state index contributed by atoms with van der Waals surface area (Å²) in [6.45, 7) is 8.70. The number of nitrogens with zero attached hydrogens (tertiary/aromatic N) is 3. The molecule has 0 spiro atoms. The summed E-state index contributed by atoms with van der Waals surface area (Å²) in [6.07, 6.45) is 4.14. The summed E-state index contributed by atoms with van der Waals surface area (Å²) < 4.78 is 0. The molecule has 3 aromatic rings. The first-order chi connectivity index (χ1) is 16.2. The zero-order valence-corrected chi connectivity index (χ0v) is 21.7. The fourth-order valence-electron chi connectivity index (χ4n) is 5.07. The van der Waals surface area contributed by atoms with Crippen molar-refractivity contribution in [3.63, 3.8) is 0 Å². The molecule has 2 atom stereocenters. The van der Waals surface area contributed by atoms with Gasteiger partial charge in [0.1, 0.15) is 0 Å². The minimum absolute atomic E-state index is 0.0805. The first-order valence-electron chi connectivity index (χ1n) is 11.5. The lowest BCUT2D eigenvalue weighted by Crippen LogP contribution is -2.42. The lowest BCUT2D eigenvalue weighted by molar-refractivity contribution is 0.567. The van der Waals surface area contributed by atoms with Gasteiger partial charge in [0.15, 0.2) is 5.11 Å². The molecule has 1 fully saturated rings. The molecule has 0 amide bonds. The van der Waals surface area contributed by atoms with Gasteiger partial charge in [0.25, 0.3) is 0 Å². The van der Waals surface area contributed by atoms with Crippen LogP contribution in [0.15, 0.2) is 66.9 Å².